The van der Waals surface area contributed by atoms with E-state index in [1.807, 2.05) is 60.0 Å². The minimum atomic E-state index is -0.444. The number of hydrogen-bond acceptors (Lipinski definition) is 7. The molecule has 174 valence electrons. The molecule has 3 aromatic carbocycles. The first-order valence-corrected chi connectivity index (χ1v) is 12.1. The van der Waals surface area contributed by atoms with E-state index >= 15 is 0 Å². The summed E-state index contributed by atoms with van der Waals surface area (Å²) in [5.41, 5.74) is 3.97. The third-order valence-corrected chi connectivity index (χ3v) is 6.75. The topological polar surface area (TPSA) is 70.8 Å². The second kappa shape index (κ2) is 9.19. The molecule has 0 atom stereocenters. The molecule has 3 heterocycles. The molecule has 0 radical (unpaired) electrons. The number of aromatic nitrogens is 1. The maximum atomic E-state index is 12.8. The van der Waals surface area contributed by atoms with Gasteiger partial charge in [-0.3, -0.25) is 0 Å². The van der Waals surface area contributed by atoms with E-state index in [0.29, 0.717) is 33.5 Å². The fourth-order valence-corrected chi connectivity index (χ4v) is 5.09. The quantitative estimate of drug-likeness (QED) is 0.249. The van der Waals surface area contributed by atoms with Crippen molar-refractivity contribution < 1.29 is 18.6 Å². The largest absolute Gasteiger partial charge is 0.489 e. The van der Waals surface area contributed by atoms with Crippen LogP contribution in [0.1, 0.15) is 11.1 Å². The number of benzene rings is 3. The van der Waals surface area contributed by atoms with E-state index in [0.717, 1.165) is 33.5 Å². The highest BCUT2D eigenvalue weighted by atomic mass is 35.5. The van der Waals surface area contributed by atoms with Crippen LogP contribution in [0.4, 0.5) is 0 Å². The molecule has 0 N–H and O–H groups in total. The van der Waals surface area contributed by atoms with Gasteiger partial charge in [-0.05, 0) is 30.3 Å². The van der Waals surface area contributed by atoms with Gasteiger partial charge in [-0.15, -0.1) is 11.3 Å². The van der Waals surface area contributed by atoms with Crippen LogP contribution < -0.4 is 15.1 Å². The summed E-state index contributed by atoms with van der Waals surface area (Å²) in [4.78, 5) is 17.4. The maximum absolute atomic E-state index is 12.8. The van der Waals surface area contributed by atoms with Gasteiger partial charge in [0, 0.05) is 38.5 Å². The van der Waals surface area contributed by atoms with Crippen LogP contribution in [0.25, 0.3) is 32.8 Å². The van der Waals surface area contributed by atoms with E-state index < -0.39 is 5.63 Å². The second-order valence-electron chi connectivity index (χ2n) is 8.00. The number of nitrogens with zero attached hydrogens (tertiary/aromatic N) is 1. The molecule has 6 nitrogen and oxygen atoms in total. The van der Waals surface area contributed by atoms with E-state index in [4.69, 9.17) is 30.2 Å². The highest BCUT2D eigenvalue weighted by Crippen LogP contribution is 2.33. The van der Waals surface area contributed by atoms with Gasteiger partial charge in [0.2, 0.25) is 0 Å². The lowest BCUT2D eigenvalue weighted by Gasteiger charge is -2.21. The molecule has 2 aromatic heterocycles. The zero-order valence-corrected chi connectivity index (χ0v) is 19.9. The number of fused-ring (bicyclic) bond motifs is 2. The Morgan fingerprint density at radius 2 is 1.94 bits per heavy atom. The summed E-state index contributed by atoms with van der Waals surface area (Å²) in [6.45, 7) is 0.882. The molecule has 1 aliphatic rings. The van der Waals surface area contributed by atoms with E-state index in [-0.39, 0.29) is 13.4 Å². The highest BCUT2D eigenvalue weighted by molar-refractivity contribution is 7.13. The summed E-state index contributed by atoms with van der Waals surface area (Å²) in [5.74, 6) is 1.30. The summed E-state index contributed by atoms with van der Waals surface area (Å²) >= 11 is 7.65. The van der Waals surface area contributed by atoms with Gasteiger partial charge in [0.15, 0.2) is 6.79 Å². The Morgan fingerprint density at radius 3 is 2.83 bits per heavy atom. The monoisotopic (exact) mass is 503 g/mol. The zero-order chi connectivity index (χ0) is 23.8. The van der Waals surface area contributed by atoms with Crippen LogP contribution in [0.15, 0.2) is 81.3 Å². The van der Waals surface area contributed by atoms with Gasteiger partial charge < -0.3 is 18.6 Å². The van der Waals surface area contributed by atoms with E-state index in [2.05, 4.69) is 4.98 Å². The predicted octanol–water partition coefficient (Wildman–Crippen LogP) is 6.68. The Morgan fingerprint density at radius 1 is 1.06 bits per heavy atom. The van der Waals surface area contributed by atoms with Crippen molar-refractivity contribution in [1.82, 2.24) is 4.98 Å². The van der Waals surface area contributed by atoms with Crippen LogP contribution in [0.5, 0.6) is 11.5 Å². The number of hydrogen-bond donors (Lipinski definition) is 0. The molecule has 5 aromatic rings. The van der Waals surface area contributed by atoms with Crippen LogP contribution in [-0.2, 0) is 18.0 Å². The molecule has 0 unspecified atom stereocenters. The summed E-state index contributed by atoms with van der Waals surface area (Å²) in [6.07, 6.45) is 0. The average molecular weight is 504 g/mol. The van der Waals surface area contributed by atoms with Gasteiger partial charge >= 0.3 is 5.63 Å². The lowest BCUT2D eigenvalue weighted by molar-refractivity contribution is -0.0175. The van der Waals surface area contributed by atoms with Crippen molar-refractivity contribution in [3.8, 4) is 33.3 Å². The Hall–Kier alpha value is -3.65. The summed E-state index contributed by atoms with van der Waals surface area (Å²) in [5, 5.41) is 3.93. The first-order valence-electron chi connectivity index (χ1n) is 10.9. The highest BCUT2D eigenvalue weighted by Gasteiger charge is 2.17. The van der Waals surface area contributed by atoms with Crippen LogP contribution in [-0.4, -0.2) is 11.8 Å². The fourth-order valence-electron chi connectivity index (χ4n) is 3.99. The van der Waals surface area contributed by atoms with E-state index in [9.17, 15) is 4.79 Å². The van der Waals surface area contributed by atoms with Gasteiger partial charge in [0.1, 0.15) is 28.7 Å². The summed E-state index contributed by atoms with van der Waals surface area (Å²) in [7, 11) is 0. The number of halogens is 1. The van der Waals surface area contributed by atoms with E-state index in [1.54, 1.807) is 12.1 Å². The first-order chi connectivity index (χ1) is 17.1. The molecule has 0 amide bonds. The molecule has 0 fully saturated rings. The normalized spacial score (nSPS) is 12.8. The van der Waals surface area contributed by atoms with Gasteiger partial charge in [0.05, 0.1) is 17.9 Å². The Bertz CT molecular complexity index is 1600. The summed E-state index contributed by atoms with van der Waals surface area (Å²) < 4.78 is 22.6. The van der Waals surface area contributed by atoms with Crippen molar-refractivity contribution in [2.24, 2.45) is 0 Å². The lowest BCUT2D eigenvalue weighted by atomic mass is 10.1. The standard InChI is InChI=1S/C27H18ClNO5S/c28-20-8-18-12-31-15-33-25(18)19(9-20)13-32-21-7-6-17-10-22(27(30)34-24(17)11-21)26-29-23(14-35-26)16-4-2-1-3-5-16/h1-11,14H,12-13,15H2. The van der Waals surface area contributed by atoms with Crippen LogP contribution >= 0.6 is 22.9 Å². The fraction of sp³-hybridized carbons (Fsp3) is 0.111. The predicted molar refractivity (Wildman–Crippen MR) is 135 cm³/mol. The van der Waals surface area contributed by atoms with Crippen molar-refractivity contribution in [1.29, 1.82) is 0 Å². The molecule has 0 bridgehead atoms. The molecule has 0 saturated heterocycles. The molecular weight excluding hydrogens is 486 g/mol. The Labute approximate surface area is 209 Å². The molecule has 35 heavy (non-hydrogen) atoms. The minimum absolute atomic E-state index is 0.192. The van der Waals surface area contributed by atoms with Crippen LogP contribution in [0, 0.1) is 0 Å². The smallest absolute Gasteiger partial charge is 0.346 e. The van der Waals surface area contributed by atoms with Crippen molar-refractivity contribution in [3.63, 3.8) is 0 Å². The van der Waals surface area contributed by atoms with Crippen molar-refractivity contribution in [2.45, 2.75) is 13.2 Å². The van der Waals surface area contributed by atoms with Crippen LogP contribution in [0.2, 0.25) is 5.02 Å². The van der Waals surface area contributed by atoms with E-state index in [1.165, 1.54) is 11.3 Å². The number of ether oxygens (including phenoxy) is 3. The molecule has 6 rings (SSSR count). The Balaban J connectivity index is 1.26. The molecule has 0 spiro atoms. The molecule has 8 heteroatoms. The van der Waals surface area contributed by atoms with Crippen molar-refractivity contribution >= 4 is 33.9 Å². The van der Waals surface area contributed by atoms with Gasteiger partial charge in [-0.1, -0.05) is 41.9 Å². The molecular formula is C27H18ClNO5S. The average Bonchev–Trinajstić information content (AvgIpc) is 3.37. The van der Waals surface area contributed by atoms with Gasteiger partial charge in [-0.25, -0.2) is 9.78 Å². The first kappa shape index (κ1) is 21.9. The van der Waals surface area contributed by atoms with Gasteiger partial charge in [-0.2, -0.15) is 0 Å². The van der Waals surface area contributed by atoms with Crippen molar-refractivity contribution in [3.05, 3.63) is 98.7 Å². The second-order valence-corrected chi connectivity index (χ2v) is 9.30. The number of rotatable bonds is 5. The zero-order valence-electron chi connectivity index (χ0n) is 18.3. The Kier molecular flexibility index (Phi) is 5.74. The maximum Gasteiger partial charge on any atom is 0.346 e. The third-order valence-electron chi connectivity index (χ3n) is 5.66. The number of thiazole rings is 1. The molecule has 0 aliphatic carbocycles. The minimum Gasteiger partial charge on any atom is -0.489 e. The van der Waals surface area contributed by atoms with Crippen LogP contribution in [0.3, 0.4) is 0 Å². The molecule has 0 saturated carbocycles. The lowest BCUT2D eigenvalue weighted by Crippen LogP contribution is -2.14. The third kappa shape index (κ3) is 4.41. The van der Waals surface area contributed by atoms with Gasteiger partial charge in [0.25, 0.3) is 0 Å². The van der Waals surface area contributed by atoms with Crippen molar-refractivity contribution in [2.75, 3.05) is 6.79 Å². The SMILES string of the molecule is O=c1oc2cc(OCc3cc(Cl)cc4c3OCOC4)ccc2cc1-c1nc(-c2ccccc2)cs1. The molecule has 1 aliphatic heterocycles. The summed E-state index contributed by atoms with van der Waals surface area (Å²) in [6, 6.07) is 20.7.